The summed E-state index contributed by atoms with van der Waals surface area (Å²) in [6.07, 6.45) is 5.27. The van der Waals surface area contributed by atoms with E-state index in [-0.39, 0.29) is 39.7 Å². The predicted molar refractivity (Wildman–Crippen MR) is 182 cm³/mol. The first-order chi connectivity index (χ1) is 23.5. The van der Waals surface area contributed by atoms with Crippen LogP contribution in [-0.4, -0.2) is 57.5 Å². The second-order valence-electron chi connectivity index (χ2n) is 12.1. The summed E-state index contributed by atoms with van der Waals surface area (Å²) < 4.78 is 41.7. The fourth-order valence-corrected chi connectivity index (χ4v) is 6.10. The van der Waals surface area contributed by atoms with Crippen molar-refractivity contribution < 1.29 is 31.7 Å². The summed E-state index contributed by atoms with van der Waals surface area (Å²) in [6.45, 7) is 3.22. The van der Waals surface area contributed by atoms with Crippen molar-refractivity contribution in [2.75, 3.05) is 11.2 Å². The van der Waals surface area contributed by atoms with E-state index in [0.717, 1.165) is 18.5 Å². The Morgan fingerprint density at radius 1 is 1.12 bits per heavy atom. The van der Waals surface area contributed by atoms with Crippen molar-refractivity contribution in [1.82, 2.24) is 25.2 Å². The lowest BCUT2D eigenvalue weighted by Gasteiger charge is -2.27. The highest BCUT2D eigenvalue weighted by Crippen LogP contribution is 2.45. The van der Waals surface area contributed by atoms with Crippen molar-refractivity contribution in [3.8, 4) is 6.07 Å². The molecule has 1 aliphatic heterocycles. The van der Waals surface area contributed by atoms with Gasteiger partial charge in [0, 0.05) is 12.6 Å². The zero-order valence-corrected chi connectivity index (χ0v) is 29.1. The number of aromatic nitrogens is 3. The number of rotatable bonds is 8. The van der Waals surface area contributed by atoms with Crippen LogP contribution in [0.5, 0.6) is 0 Å². The Hall–Kier alpha value is -4.88. The Bertz CT molecular complexity index is 2110. The van der Waals surface area contributed by atoms with Crippen molar-refractivity contribution in [3.05, 3.63) is 105 Å². The van der Waals surface area contributed by atoms with E-state index in [4.69, 9.17) is 27.8 Å². The molecule has 3 heterocycles. The summed E-state index contributed by atoms with van der Waals surface area (Å²) in [6, 6.07) is 15.9. The van der Waals surface area contributed by atoms with Gasteiger partial charge < -0.3 is 10.6 Å². The van der Waals surface area contributed by atoms with Gasteiger partial charge in [-0.25, -0.2) is 14.3 Å². The molecule has 17 heteroatoms. The Morgan fingerprint density at radius 2 is 1.74 bits per heavy atom. The Kier molecular flexibility index (Phi) is 10.0. The molecule has 6 rings (SSSR count). The van der Waals surface area contributed by atoms with Crippen LogP contribution in [0.3, 0.4) is 0 Å². The Balaban J connectivity index is 0.000000908. The number of anilines is 2. The minimum absolute atomic E-state index is 0.0295. The van der Waals surface area contributed by atoms with E-state index in [1.807, 2.05) is 12.1 Å². The average molecular weight is 743 g/mol. The summed E-state index contributed by atoms with van der Waals surface area (Å²) in [5, 5.41) is 14.4. The summed E-state index contributed by atoms with van der Waals surface area (Å²) in [5.41, 5.74) is 0.138. The number of amides is 3. The van der Waals surface area contributed by atoms with Crippen LogP contribution in [0.4, 0.5) is 16.0 Å². The van der Waals surface area contributed by atoms with Gasteiger partial charge in [0.1, 0.15) is 17.3 Å². The van der Waals surface area contributed by atoms with Crippen molar-refractivity contribution in [2.24, 2.45) is 0 Å². The van der Waals surface area contributed by atoms with Gasteiger partial charge in [0.2, 0.25) is 11.9 Å². The van der Waals surface area contributed by atoms with Crippen molar-refractivity contribution in [2.45, 2.75) is 50.2 Å². The first-order valence-corrected chi connectivity index (χ1v) is 17.6. The van der Waals surface area contributed by atoms with Gasteiger partial charge in [-0.2, -0.15) is 13.7 Å². The highest BCUT2D eigenvalue weighted by Gasteiger charge is 2.51. The fourth-order valence-electron chi connectivity index (χ4n) is 5.62. The van der Waals surface area contributed by atoms with E-state index in [1.54, 1.807) is 50.4 Å². The van der Waals surface area contributed by atoms with Crippen molar-refractivity contribution in [3.63, 3.8) is 0 Å². The molecule has 2 aromatic carbocycles. The molecule has 3 N–H and O–H groups in total. The molecule has 0 spiro atoms. The maximum Gasteiger partial charge on any atom is 0.270 e. The van der Waals surface area contributed by atoms with Crippen LogP contribution in [0.2, 0.25) is 10.0 Å². The molecule has 260 valence electrons. The molecular formula is C33H30Cl2FN7O6S. The molecule has 2 atom stereocenters. The highest BCUT2D eigenvalue weighted by molar-refractivity contribution is 7.85. The third-order valence-electron chi connectivity index (χ3n) is 8.20. The second kappa shape index (κ2) is 13.8. The smallest absolute Gasteiger partial charge is 0.270 e. The maximum absolute atomic E-state index is 14.3. The number of pyridine rings is 1. The molecule has 1 fully saturated rings. The molecule has 4 aromatic rings. The zero-order chi connectivity index (χ0) is 36.6. The largest absolute Gasteiger partial charge is 0.343 e. The van der Waals surface area contributed by atoms with E-state index < -0.39 is 44.9 Å². The minimum Gasteiger partial charge on any atom is -0.343 e. The lowest BCUT2D eigenvalue weighted by molar-refractivity contribution is -0.124. The number of imidazole rings is 1. The van der Waals surface area contributed by atoms with Crippen LogP contribution in [0, 0.1) is 17.1 Å². The zero-order valence-electron chi connectivity index (χ0n) is 26.8. The second-order valence-corrected chi connectivity index (χ2v) is 14.4. The molecule has 2 aliphatic rings. The lowest BCUT2D eigenvalue weighted by atomic mass is 9.91. The number of benzene rings is 2. The van der Waals surface area contributed by atoms with Crippen molar-refractivity contribution >= 4 is 62.7 Å². The van der Waals surface area contributed by atoms with Gasteiger partial charge in [-0.05, 0) is 68.7 Å². The van der Waals surface area contributed by atoms with E-state index >= 15 is 0 Å². The number of carbonyl (C=O) groups excluding carboxylic acids is 3. The van der Waals surface area contributed by atoms with E-state index in [9.17, 15) is 32.5 Å². The van der Waals surface area contributed by atoms with E-state index in [1.165, 1.54) is 27.8 Å². The van der Waals surface area contributed by atoms with Crippen LogP contribution >= 0.6 is 23.2 Å². The number of hydrogen-bond acceptors (Lipinski definition) is 8. The van der Waals surface area contributed by atoms with Crippen molar-refractivity contribution in [1.29, 1.82) is 5.26 Å². The lowest BCUT2D eigenvalue weighted by Crippen LogP contribution is -2.49. The molecule has 1 saturated carbocycles. The highest BCUT2D eigenvalue weighted by atomic mass is 35.5. The minimum atomic E-state index is -3.67. The standard InChI is InChI=1S/C32H26Cl2FN7O3.CH4O3S/c1-18(27(43)40-32(10-11-32)25-5-3-4-12-37-25)39-28(44)24-17-38-30-41(21-13-22(33)26(35)23(34)14-21)29(45)31(2,42(24)30)15-19-6-8-20(16-36)9-7-19;1-5(2,3)4/h3-9,12-14,17-18H,10-11,15H2,1-2H3,(H,39,44)(H,40,43);1H3,(H,2,3,4)/t18-,31+;/m0./s1. The maximum atomic E-state index is 14.3. The average Bonchev–Trinajstić information content (AvgIpc) is 3.65. The molecule has 0 radical (unpaired) electrons. The van der Waals surface area contributed by atoms with Gasteiger partial charge in [-0.15, -0.1) is 0 Å². The van der Waals surface area contributed by atoms with Crippen LogP contribution < -0.4 is 15.5 Å². The summed E-state index contributed by atoms with van der Waals surface area (Å²) in [5.74, 6) is -2.24. The number of nitrogens with zero attached hydrogens (tertiary/aromatic N) is 5. The van der Waals surface area contributed by atoms with Crippen LogP contribution in [-0.2, 0) is 37.2 Å². The first-order valence-electron chi connectivity index (χ1n) is 15.0. The summed E-state index contributed by atoms with van der Waals surface area (Å²) >= 11 is 12.2. The van der Waals surface area contributed by atoms with Crippen LogP contribution in [0.1, 0.15) is 54.0 Å². The fraction of sp³-hybridized carbons (Fsp3) is 0.273. The molecular weight excluding hydrogens is 712 g/mol. The number of fused-ring (bicyclic) bond motifs is 1. The van der Waals surface area contributed by atoms with Gasteiger partial charge in [-0.3, -0.25) is 28.5 Å². The SMILES string of the molecule is CS(=O)(=O)O.C[C@H](NC(=O)c1cnc2n1[C@](C)(Cc1ccc(C#N)cc1)C(=O)N2c1cc(Cl)c(F)c(Cl)c1)C(=O)NC1(c2ccccn2)CC1. The number of carbonyl (C=O) groups is 3. The normalized spacial score (nSPS) is 17.9. The van der Waals surface area contributed by atoms with Crippen LogP contribution in [0.25, 0.3) is 0 Å². The molecule has 0 unspecified atom stereocenters. The Morgan fingerprint density at radius 3 is 2.28 bits per heavy atom. The molecule has 2 aromatic heterocycles. The number of nitrogens with one attached hydrogen (secondary N) is 2. The van der Waals surface area contributed by atoms with Crippen LogP contribution in [0.15, 0.2) is 67.0 Å². The molecule has 0 bridgehead atoms. The molecule has 0 saturated heterocycles. The van der Waals surface area contributed by atoms with E-state index in [2.05, 4.69) is 26.7 Å². The van der Waals surface area contributed by atoms with Gasteiger partial charge in [0.25, 0.3) is 21.9 Å². The third kappa shape index (κ3) is 7.48. The quantitative estimate of drug-likeness (QED) is 0.171. The number of nitriles is 1. The van der Waals surface area contributed by atoms with Gasteiger partial charge in [-0.1, -0.05) is 41.4 Å². The molecule has 50 heavy (non-hydrogen) atoms. The first kappa shape index (κ1) is 36.4. The molecule has 1 aliphatic carbocycles. The summed E-state index contributed by atoms with van der Waals surface area (Å²) in [7, 11) is -3.67. The van der Waals surface area contributed by atoms with Gasteiger partial charge in [0.05, 0.1) is 51.1 Å². The van der Waals surface area contributed by atoms with Gasteiger partial charge >= 0.3 is 0 Å². The third-order valence-corrected chi connectivity index (χ3v) is 8.75. The number of hydrogen-bond donors (Lipinski definition) is 3. The predicted octanol–water partition coefficient (Wildman–Crippen LogP) is 4.66. The summed E-state index contributed by atoms with van der Waals surface area (Å²) in [4.78, 5) is 51.2. The Labute approximate surface area is 296 Å². The number of halogens is 3. The molecule has 3 amide bonds. The topological polar surface area (TPSA) is 187 Å². The molecule has 13 nitrogen and oxygen atoms in total. The van der Waals surface area contributed by atoms with Gasteiger partial charge in [0.15, 0.2) is 5.82 Å². The monoisotopic (exact) mass is 741 g/mol. The van der Waals surface area contributed by atoms with E-state index in [0.29, 0.717) is 17.4 Å².